The van der Waals surface area contributed by atoms with Crippen molar-refractivity contribution >= 4 is 27.6 Å². The van der Waals surface area contributed by atoms with Gasteiger partial charge in [0.05, 0.1) is 12.6 Å². The lowest BCUT2D eigenvalue weighted by atomic mass is 10.3. The second-order valence-corrected chi connectivity index (χ2v) is 4.49. The van der Waals surface area contributed by atoms with Crippen LogP contribution in [0.3, 0.4) is 0 Å². The third-order valence-electron chi connectivity index (χ3n) is 2.56. The average Bonchev–Trinajstić information content (AvgIpc) is 2.32. The number of nitrogens with one attached hydrogen (secondary N) is 1. The summed E-state index contributed by atoms with van der Waals surface area (Å²) in [4.78, 5) is 10.7. The summed E-state index contributed by atoms with van der Waals surface area (Å²) >= 11 is 3.53. The van der Waals surface area contributed by atoms with Crippen molar-refractivity contribution in [1.82, 2.24) is 9.97 Å². The Morgan fingerprint density at radius 1 is 1.53 bits per heavy atom. The number of hydrogen-bond acceptors (Lipinski definition) is 5. The van der Waals surface area contributed by atoms with Crippen LogP contribution in [-0.2, 0) is 4.74 Å². The van der Waals surface area contributed by atoms with E-state index in [0.29, 0.717) is 6.61 Å². The molecule has 17 heavy (non-hydrogen) atoms. The van der Waals surface area contributed by atoms with Crippen LogP contribution in [0.25, 0.3) is 0 Å². The molecule has 0 bridgehead atoms. The molecular weight excluding hydrogens is 284 g/mol. The van der Waals surface area contributed by atoms with Crippen LogP contribution in [0.1, 0.15) is 13.8 Å². The molecule has 0 aliphatic rings. The molecule has 0 radical (unpaired) electrons. The zero-order chi connectivity index (χ0) is 12.8. The molecule has 1 atom stereocenters. The van der Waals surface area contributed by atoms with Gasteiger partial charge in [-0.05, 0) is 29.8 Å². The molecule has 0 aliphatic heterocycles. The van der Waals surface area contributed by atoms with E-state index >= 15 is 0 Å². The number of halogens is 1. The SMILES string of the molecule is CCN(c1ncnc(NC)c1Br)C(C)COC. The molecular formula is C11H19BrN4O. The summed E-state index contributed by atoms with van der Waals surface area (Å²) in [5, 5.41) is 3.03. The van der Waals surface area contributed by atoms with Gasteiger partial charge in [0.1, 0.15) is 22.4 Å². The van der Waals surface area contributed by atoms with Gasteiger partial charge in [0, 0.05) is 20.7 Å². The second kappa shape index (κ2) is 6.76. The van der Waals surface area contributed by atoms with E-state index in [-0.39, 0.29) is 6.04 Å². The highest BCUT2D eigenvalue weighted by Crippen LogP contribution is 2.30. The van der Waals surface area contributed by atoms with Gasteiger partial charge in [0.15, 0.2) is 0 Å². The number of aromatic nitrogens is 2. The molecule has 96 valence electrons. The summed E-state index contributed by atoms with van der Waals surface area (Å²) < 4.78 is 6.07. The van der Waals surface area contributed by atoms with E-state index in [0.717, 1.165) is 22.7 Å². The van der Waals surface area contributed by atoms with Crippen molar-refractivity contribution in [3.05, 3.63) is 10.8 Å². The van der Waals surface area contributed by atoms with Crippen molar-refractivity contribution in [3.63, 3.8) is 0 Å². The van der Waals surface area contributed by atoms with Crippen LogP contribution in [0.5, 0.6) is 0 Å². The van der Waals surface area contributed by atoms with Crippen LogP contribution >= 0.6 is 15.9 Å². The Hall–Kier alpha value is -0.880. The lowest BCUT2D eigenvalue weighted by Gasteiger charge is -2.29. The van der Waals surface area contributed by atoms with Crippen molar-refractivity contribution in [2.24, 2.45) is 0 Å². The standard InChI is InChI=1S/C11H19BrN4O/c1-5-16(8(2)6-17-4)11-9(12)10(13-3)14-7-15-11/h7-8H,5-6H2,1-4H3,(H,13,14,15). The smallest absolute Gasteiger partial charge is 0.148 e. The summed E-state index contributed by atoms with van der Waals surface area (Å²) in [6.07, 6.45) is 1.56. The maximum Gasteiger partial charge on any atom is 0.148 e. The normalized spacial score (nSPS) is 12.3. The van der Waals surface area contributed by atoms with Gasteiger partial charge in [-0.3, -0.25) is 0 Å². The first kappa shape index (κ1) is 14.2. The number of rotatable bonds is 6. The van der Waals surface area contributed by atoms with Crippen LogP contribution in [-0.4, -0.2) is 43.3 Å². The molecule has 0 fully saturated rings. The first-order valence-corrected chi connectivity index (χ1v) is 6.38. The number of hydrogen-bond donors (Lipinski definition) is 1. The van der Waals surface area contributed by atoms with Crippen molar-refractivity contribution in [2.45, 2.75) is 19.9 Å². The highest BCUT2D eigenvalue weighted by molar-refractivity contribution is 9.10. The van der Waals surface area contributed by atoms with Crippen LogP contribution in [0.15, 0.2) is 10.8 Å². The fourth-order valence-electron chi connectivity index (χ4n) is 1.74. The van der Waals surface area contributed by atoms with Gasteiger partial charge < -0.3 is 15.0 Å². The monoisotopic (exact) mass is 302 g/mol. The Balaban J connectivity index is 3.03. The van der Waals surface area contributed by atoms with Gasteiger partial charge in [-0.1, -0.05) is 0 Å². The number of nitrogens with zero attached hydrogens (tertiary/aromatic N) is 3. The fourth-order valence-corrected chi connectivity index (χ4v) is 2.37. The molecule has 6 heteroatoms. The molecule has 0 spiro atoms. The number of methoxy groups -OCH3 is 1. The topological polar surface area (TPSA) is 50.3 Å². The molecule has 1 rings (SSSR count). The third kappa shape index (κ3) is 3.29. The number of ether oxygens (including phenoxy) is 1. The molecule has 0 aromatic carbocycles. The molecule has 1 heterocycles. The highest BCUT2D eigenvalue weighted by Gasteiger charge is 2.18. The minimum atomic E-state index is 0.265. The Bertz CT molecular complexity index is 361. The Morgan fingerprint density at radius 2 is 2.24 bits per heavy atom. The molecule has 1 unspecified atom stereocenters. The molecule has 1 aromatic rings. The second-order valence-electron chi connectivity index (χ2n) is 3.70. The zero-order valence-electron chi connectivity index (χ0n) is 10.7. The van der Waals surface area contributed by atoms with Gasteiger partial charge in [0.2, 0.25) is 0 Å². The van der Waals surface area contributed by atoms with Gasteiger partial charge in [-0.25, -0.2) is 9.97 Å². The average molecular weight is 303 g/mol. The van der Waals surface area contributed by atoms with Crippen molar-refractivity contribution in [1.29, 1.82) is 0 Å². The summed E-state index contributed by atoms with van der Waals surface area (Å²) in [6.45, 7) is 5.74. The summed E-state index contributed by atoms with van der Waals surface area (Å²) in [6, 6.07) is 0.265. The predicted octanol–water partition coefficient (Wildman–Crippen LogP) is 2.14. The molecule has 0 saturated carbocycles. The van der Waals surface area contributed by atoms with Gasteiger partial charge in [-0.15, -0.1) is 0 Å². The van der Waals surface area contributed by atoms with E-state index in [4.69, 9.17) is 4.74 Å². The number of likely N-dealkylation sites (N-methyl/N-ethyl adjacent to an activating group) is 1. The molecule has 1 aromatic heterocycles. The van der Waals surface area contributed by atoms with E-state index in [1.165, 1.54) is 0 Å². The van der Waals surface area contributed by atoms with E-state index in [9.17, 15) is 0 Å². The molecule has 0 amide bonds. The third-order valence-corrected chi connectivity index (χ3v) is 3.29. The maximum atomic E-state index is 5.19. The van der Waals surface area contributed by atoms with Crippen LogP contribution in [0.2, 0.25) is 0 Å². The van der Waals surface area contributed by atoms with E-state index in [2.05, 4.69) is 50.0 Å². The highest BCUT2D eigenvalue weighted by atomic mass is 79.9. The lowest BCUT2D eigenvalue weighted by Crippen LogP contribution is -2.37. The minimum absolute atomic E-state index is 0.265. The van der Waals surface area contributed by atoms with E-state index in [1.54, 1.807) is 13.4 Å². The fraction of sp³-hybridized carbons (Fsp3) is 0.636. The maximum absolute atomic E-state index is 5.19. The van der Waals surface area contributed by atoms with Crippen molar-refractivity contribution in [3.8, 4) is 0 Å². The molecule has 0 aliphatic carbocycles. The zero-order valence-corrected chi connectivity index (χ0v) is 12.3. The first-order chi connectivity index (χ1) is 8.15. The lowest BCUT2D eigenvalue weighted by molar-refractivity contribution is 0.181. The van der Waals surface area contributed by atoms with Crippen LogP contribution in [0.4, 0.5) is 11.6 Å². The number of anilines is 2. The Morgan fingerprint density at radius 3 is 2.76 bits per heavy atom. The van der Waals surface area contributed by atoms with E-state index in [1.807, 2.05) is 7.05 Å². The van der Waals surface area contributed by atoms with Crippen molar-refractivity contribution in [2.75, 3.05) is 37.5 Å². The van der Waals surface area contributed by atoms with E-state index < -0.39 is 0 Å². The summed E-state index contributed by atoms with van der Waals surface area (Å²) in [7, 11) is 3.55. The first-order valence-electron chi connectivity index (χ1n) is 5.59. The molecule has 5 nitrogen and oxygen atoms in total. The van der Waals surface area contributed by atoms with Gasteiger partial charge >= 0.3 is 0 Å². The van der Waals surface area contributed by atoms with Crippen LogP contribution < -0.4 is 10.2 Å². The quantitative estimate of drug-likeness (QED) is 0.872. The van der Waals surface area contributed by atoms with Gasteiger partial charge in [-0.2, -0.15) is 0 Å². The molecule has 0 saturated heterocycles. The predicted molar refractivity (Wildman–Crippen MR) is 73.6 cm³/mol. The van der Waals surface area contributed by atoms with Crippen LogP contribution in [0, 0.1) is 0 Å². The largest absolute Gasteiger partial charge is 0.383 e. The Labute approximate surface area is 111 Å². The van der Waals surface area contributed by atoms with Gasteiger partial charge in [0.25, 0.3) is 0 Å². The Kier molecular flexibility index (Phi) is 5.64. The summed E-state index contributed by atoms with van der Waals surface area (Å²) in [5.74, 6) is 1.68. The summed E-state index contributed by atoms with van der Waals surface area (Å²) in [5.41, 5.74) is 0. The van der Waals surface area contributed by atoms with Crippen molar-refractivity contribution < 1.29 is 4.74 Å². The minimum Gasteiger partial charge on any atom is -0.383 e. The molecule has 1 N–H and O–H groups in total.